The first-order valence-corrected chi connectivity index (χ1v) is 16.6. The third-order valence-electron chi connectivity index (χ3n) is 7.56. The van der Waals surface area contributed by atoms with Gasteiger partial charge >= 0.3 is 0 Å². The van der Waals surface area contributed by atoms with Gasteiger partial charge < -0.3 is 10.6 Å². The van der Waals surface area contributed by atoms with Gasteiger partial charge in [0.1, 0.15) is 5.70 Å². The van der Waals surface area contributed by atoms with Crippen LogP contribution in [-0.4, -0.2) is 23.5 Å². The van der Waals surface area contributed by atoms with Gasteiger partial charge in [-0.1, -0.05) is 82.7 Å². The van der Waals surface area contributed by atoms with Crippen LogP contribution >= 0.6 is 27.7 Å². The van der Waals surface area contributed by atoms with E-state index in [-0.39, 0.29) is 23.3 Å². The number of fused-ring (bicyclic) bond motifs is 2. The number of nitrogens with zero attached hydrogens (tertiary/aromatic N) is 1. The van der Waals surface area contributed by atoms with Crippen molar-refractivity contribution < 1.29 is 14.4 Å². The lowest BCUT2D eigenvalue weighted by Crippen LogP contribution is -2.30. The highest BCUT2D eigenvalue weighted by atomic mass is 79.9. The Balaban J connectivity index is 1.14. The van der Waals surface area contributed by atoms with E-state index in [1.165, 1.54) is 11.8 Å². The lowest BCUT2D eigenvalue weighted by Gasteiger charge is -2.25. The minimum atomic E-state index is -0.457. The van der Waals surface area contributed by atoms with E-state index in [1.807, 2.05) is 83.8 Å². The number of amides is 3. The second-order valence-corrected chi connectivity index (χ2v) is 12.6. The van der Waals surface area contributed by atoms with Gasteiger partial charge in [-0.15, -0.1) is 11.8 Å². The third kappa shape index (κ3) is 7.47. The molecular formula is C38H30BrN3O3S. The molecule has 0 saturated heterocycles. The molecule has 5 aromatic rings. The van der Waals surface area contributed by atoms with E-state index in [0.29, 0.717) is 11.3 Å². The number of hydrogen-bond donors (Lipinski definition) is 2. The fourth-order valence-corrected chi connectivity index (χ4v) is 6.27. The van der Waals surface area contributed by atoms with Crippen molar-refractivity contribution in [2.45, 2.75) is 17.7 Å². The van der Waals surface area contributed by atoms with Gasteiger partial charge in [0.05, 0.1) is 17.1 Å². The average Bonchev–Trinajstić information content (AvgIpc) is 3.26. The first-order valence-electron chi connectivity index (χ1n) is 14.8. The molecule has 46 heavy (non-hydrogen) atoms. The van der Waals surface area contributed by atoms with Crippen molar-refractivity contribution >= 4 is 68.6 Å². The van der Waals surface area contributed by atoms with E-state index in [1.54, 1.807) is 42.5 Å². The van der Waals surface area contributed by atoms with Crippen molar-refractivity contribution in [3.63, 3.8) is 0 Å². The summed E-state index contributed by atoms with van der Waals surface area (Å²) in [6, 6.07) is 39.7. The molecular weight excluding hydrogens is 658 g/mol. The smallest absolute Gasteiger partial charge is 0.272 e. The number of para-hydroxylation sites is 2. The van der Waals surface area contributed by atoms with E-state index in [2.05, 4.69) is 38.7 Å². The largest absolute Gasteiger partial charge is 0.321 e. The average molecular weight is 689 g/mol. The number of halogens is 1. The molecule has 0 atom stereocenters. The molecule has 2 N–H and O–H groups in total. The van der Waals surface area contributed by atoms with E-state index in [0.717, 1.165) is 50.3 Å². The van der Waals surface area contributed by atoms with Crippen molar-refractivity contribution in [2.24, 2.45) is 0 Å². The van der Waals surface area contributed by atoms with E-state index < -0.39 is 5.91 Å². The number of nitrogens with one attached hydrogen (secondary N) is 2. The SMILES string of the molecule is O=C(Nc1ccc(SCC(=O)N2c3ccccc3CCc3ccccc32)cc1)/C(=C/c1ccc(Br)cc1)NC(=O)c1ccccc1. The molecule has 1 aliphatic heterocycles. The van der Waals surface area contributed by atoms with Gasteiger partial charge in [-0.2, -0.15) is 0 Å². The zero-order chi connectivity index (χ0) is 31.9. The summed E-state index contributed by atoms with van der Waals surface area (Å²) in [4.78, 5) is 42.8. The molecule has 0 radical (unpaired) electrons. The monoisotopic (exact) mass is 687 g/mol. The van der Waals surface area contributed by atoms with Crippen LogP contribution in [0, 0.1) is 0 Å². The normalized spacial score (nSPS) is 12.4. The molecule has 1 heterocycles. The molecule has 3 amide bonds. The Hall–Kier alpha value is -4.92. The third-order valence-corrected chi connectivity index (χ3v) is 9.09. The molecule has 6 nitrogen and oxygen atoms in total. The molecule has 8 heteroatoms. The number of carbonyl (C=O) groups excluding carboxylic acids is 3. The van der Waals surface area contributed by atoms with E-state index in [4.69, 9.17) is 0 Å². The lowest BCUT2D eigenvalue weighted by molar-refractivity contribution is -0.115. The number of aryl methyl sites for hydroxylation is 2. The van der Waals surface area contributed by atoms with E-state index in [9.17, 15) is 14.4 Å². The Bertz CT molecular complexity index is 1860. The molecule has 0 aliphatic carbocycles. The summed E-state index contributed by atoms with van der Waals surface area (Å²) in [5, 5.41) is 5.65. The second kappa shape index (κ2) is 14.5. The molecule has 228 valence electrons. The standard InChI is InChI=1S/C38H30BrN3O3S/c39-30-18-14-26(15-19-30)24-33(41-37(44)29-10-2-1-3-11-29)38(45)40-31-20-22-32(23-21-31)46-25-36(43)42-34-12-6-4-8-27(34)16-17-28-9-5-7-13-35(28)42/h1-15,18-24H,16-17,25H2,(H,40,45)(H,41,44)/b33-24-. The van der Waals surface area contributed by atoms with Crippen molar-refractivity contribution in [1.82, 2.24) is 5.32 Å². The maximum Gasteiger partial charge on any atom is 0.272 e. The van der Waals surface area contributed by atoms with Gasteiger partial charge in [0, 0.05) is 20.6 Å². The Morgan fingerprint density at radius 2 is 1.30 bits per heavy atom. The highest BCUT2D eigenvalue weighted by molar-refractivity contribution is 9.10. The fraction of sp³-hybridized carbons (Fsp3) is 0.0789. The molecule has 0 bridgehead atoms. The van der Waals surface area contributed by atoms with Gasteiger partial charge in [-0.25, -0.2) is 0 Å². The van der Waals surface area contributed by atoms with Crippen LogP contribution in [0.4, 0.5) is 17.1 Å². The number of benzene rings is 5. The minimum Gasteiger partial charge on any atom is -0.321 e. The van der Waals surface area contributed by atoms with Crippen LogP contribution in [0.1, 0.15) is 27.0 Å². The minimum absolute atomic E-state index is 0.000979. The van der Waals surface area contributed by atoms with Crippen LogP contribution in [0.3, 0.4) is 0 Å². The molecule has 0 unspecified atom stereocenters. The van der Waals surface area contributed by atoms with Gasteiger partial charge in [0.2, 0.25) is 5.91 Å². The molecule has 0 fully saturated rings. The molecule has 1 aliphatic rings. The lowest BCUT2D eigenvalue weighted by atomic mass is 10.0. The first-order chi connectivity index (χ1) is 22.4. The number of thioether (sulfide) groups is 1. The van der Waals surface area contributed by atoms with Crippen LogP contribution in [0.15, 0.2) is 142 Å². The predicted octanol–water partition coefficient (Wildman–Crippen LogP) is 8.41. The number of hydrogen-bond acceptors (Lipinski definition) is 4. The number of anilines is 3. The molecule has 0 spiro atoms. The zero-order valence-corrected chi connectivity index (χ0v) is 27.2. The maximum absolute atomic E-state index is 13.7. The van der Waals surface area contributed by atoms with Crippen molar-refractivity contribution in [3.05, 3.63) is 160 Å². The maximum atomic E-state index is 13.7. The van der Waals surface area contributed by atoms with Crippen LogP contribution in [0.2, 0.25) is 0 Å². The summed E-state index contributed by atoms with van der Waals surface area (Å²) in [7, 11) is 0. The second-order valence-electron chi connectivity index (χ2n) is 10.7. The van der Waals surface area contributed by atoms with Gasteiger partial charge in [0.15, 0.2) is 0 Å². The number of rotatable bonds is 8. The van der Waals surface area contributed by atoms with Crippen molar-refractivity contribution in [3.8, 4) is 0 Å². The fourth-order valence-electron chi connectivity index (χ4n) is 5.26. The molecule has 0 saturated carbocycles. The highest BCUT2D eigenvalue weighted by Gasteiger charge is 2.25. The molecule has 6 rings (SSSR count). The predicted molar refractivity (Wildman–Crippen MR) is 189 cm³/mol. The van der Waals surface area contributed by atoms with Crippen LogP contribution in [0.25, 0.3) is 6.08 Å². The topological polar surface area (TPSA) is 78.5 Å². The Labute approximate surface area is 280 Å². The summed E-state index contributed by atoms with van der Waals surface area (Å²) in [5.41, 5.74) is 6.05. The summed E-state index contributed by atoms with van der Waals surface area (Å²) < 4.78 is 0.907. The summed E-state index contributed by atoms with van der Waals surface area (Å²) in [5.74, 6) is -0.590. The Morgan fingerprint density at radius 3 is 1.93 bits per heavy atom. The van der Waals surface area contributed by atoms with Gasteiger partial charge in [-0.3, -0.25) is 19.3 Å². The van der Waals surface area contributed by atoms with Crippen LogP contribution in [-0.2, 0) is 22.4 Å². The Kier molecular flexibility index (Phi) is 9.76. The summed E-state index contributed by atoms with van der Waals surface area (Å²) in [6.07, 6.45) is 3.40. The van der Waals surface area contributed by atoms with E-state index >= 15 is 0 Å². The van der Waals surface area contributed by atoms with Crippen LogP contribution in [0.5, 0.6) is 0 Å². The van der Waals surface area contributed by atoms with Crippen LogP contribution < -0.4 is 15.5 Å². The molecule has 5 aromatic carbocycles. The van der Waals surface area contributed by atoms with Gasteiger partial charge in [0.25, 0.3) is 11.8 Å². The number of carbonyl (C=O) groups is 3. The van der Waals surface area contributed by atoms with Crippen molar-refractivity contribution in [1.29, 1.82) is 0 Å². The van der Waals surface area contributed by atoms with Crippen molar-refractivity contribution in [2.75, 3.05) is 16.0 Å². The van der Waals surface area contributed by atoms with Gasteiger partial charge in [-0.05, 0) is 96.3 Å². The first kappa shape index (κ1) is 31.1. The summed E-state index contributed by atoms with van der Waals surface area (Å²) >= 11 is 4.87. The summed E-state index contributed by atoms with van der Waals surface area (Å²) in [6.45, 7) is 0. The Morgan fingerprint density at radius 1 is 0.717 bits per heavy atom. The zero-order valence-electron chi connectivity index (χ0n) is 24.8. The highest BCUT2D eigenvalue weighted by Crippen LogP contribution is 2.37. The quantitative estimate of drug-likeness (QED) is 0.127. The molecule has 0 aromatic heterocycles.